The van der Waals surface area contributed by atoms with Gasteiger partial charge in [0.1, 0.15) is 11.5 Å². The number of rotatable bonds is 4. The maximum atomic E-state index is 12.0. The second-order valence-electron chi connectivity index (χ2n) is 5.35. The van der Waals surface area contributed by atoms with Crippen LogP contribution in [0.4, 0.5) is 5.69 Å². The molecule has 0 spiro atoms. The number of anilines is 1. The lowest BCUT2D eigenvalue weighted by atomic mass is 10.2. The molecule has 0 fully saturated rings. The second kappa shape index (κ2) is 8.77. The third kappa shape index (κ3) is 5.27. The molecule has 3 aromatic rings. The quantitative estimate of drug-likeness (QED) is 0.315. The largest absolute Gasteiger partial charge is 0.457 e. The summed E-state index contributed by atoms with van der Waals surface area (Å²) in [5.74, 6) is 1.02. The van der Waals surface area contributed by atoms with Crippen LogP contribution in [0.5, 0.6) is 0 Å². The topological polar surface area (TPSA) is 54.3 Å². The maximum Gasteiger partial charge on any atom is 0.250 e. The lowest BCUT2D eigenvalue weighted by Crippen LogP contribution is -2.32. The molecule has 26 heavy (non-hydrogen) atoms. The van der Waals surface area contributed by atoms with Crippen LogP contribution in [0.3, 0.4) is 0 Å². The summed E-state index contributed by atoms with van der Waals surface area (Å²) < 4.78 is 6.84. The maximum absolute atomic E-state index is 12.0. The van der Waals surface area contributed by atoms with Crippen molar-refractivity contribution in [1.82, 2.24) is 5.32 Å². The molecular weight excluding hydrogens is 459 g/mol. The van der Waals surface area contributed by atoms with E-state index < -0.39 is 0 Å². The first-order chi connectivity index (χ1) is 12.6. The predicted octanol–water partition coefficient (Wildman–Crippen LogP) is 5.08. The highest BCUT2D eigenvalue weighted by Crippen LogP contribution is 2.22. The molecule has 0 saturated carbocycles. The third-order valence-electron chi connectivity index (χ3n) is 3.42. The normalized spacial score (nSPS) is 10.7. The summed E-state index contributed by atoms with van der Waals surface area (Å²) in [5.41, 5.74) is 1.80. The number of nitrogens with one attached hydrogen (secondary N) is 2. The highest BCUT2D eigenvalue weighted by Gasteiger charge is 2.04. The number of hydrogen-bond donors (Lipinski definition) is 2. The molecule has 2 aromatic carbocycles. The van der Waals surface area contributed by atoms with Crippen LogP contribution < -0.4 is 10.6 Å². The minimum Gasteiger partial charge on any atom is -0.457 e. The predicted molar refractivity (Wildman–Crippen MR) is 117 cm³/mol. The molecule has 4 nitrogen and oxygen atoms in total. The van der Waals surface area contributed by atoms with E-state index in [-0.39, 0.29) is 11.0 Å². The summed E-state index contributed by atoms with van der Waals surface area (Å²) in [4.78, 5) is 12.0. The van der Waals surface area contributed by atoms with Crippen LogP contribution in [0.15, 0.2) is 77.2 Å². The SMILES string of the molecule is O=C(/C=C/c1ccc(-c2ccccc2)o1)NC(=S)Nc1ccc(I)cc1. The van der Waals surface area contributed by atoms with Gasteiger partial charge in [0.25, 0.3) is 0 Å². The molecule has 0 aliphatic carbocycles. The Morgan fingerprint density at radius 1 is 1.00 bits per heavy atom. The standard InChI is InChI=1S/C20H15IN2O2S/c21-15-6-8-16(9-7-15)22-20(26)23-19(24)13-11-17-10-12-18(25-17)14-4-2-1-3-5-14/h1-13H,(H2,22,23,24,26)/b13-11+. The molecule has 0 radical (unpaired) electrons. The van der Waals surface area contributed by atoms with E-state index in [0.29, 0.717) is 5.76 Å². The number of benzene rings is 2. The molecule has 0 bridgehead atoms. The Bertz CT molecular complexity index is 934. The smallest absolute Gasteiger partial charge is 0.250 e. The molecule has 1 amide bonds. The first-order valence-electron chi connectivity index (χ1n) is 7.81. The first kappa shape index (κ1) is 18.3. The highest BCUT2D eigenvalue weighted by atomic mass is 127. The fourth-order valence-corrected chi connectivity index (χ4v) is 2.78. The van der Waals surface area contributed by atoms with Gasteiger partial charge in [-0.15, -0.1) is 0 Å². The van der Waals surface area contributed by atoms with Crippen molar-refractivity contribution in [3.8, 4) is 11.3 Å². The molecule has 3 rings (SSSR count). The Labute approximate surface area is 170 Å². The zero-order valence-corrected chi connectivity index (χ0v) is 16.6. The Morgan fingerprint density at radius 3 is 2.46 bits per heavy atom. The summed E-state index contributed by atoms with van der Waals surface area (Å²) in [5, 5.41) is 5.81. The Morgan fingerprint density at radius 2 is 1.73 bits per heavy atom. The molecule has 130 valence electrons. The summed E-state index contributed by atoms with van der Waals surface area (Å²) in [6, 6.07) is 21.2. The van der Waals surface area contributed by atoms with E-state index in [9.17, 15) is 4.79 Å². The molecule has 0 atom stereocenters. The van der Waals surface area contributed by atoms with Crippen molar-refractivity contribution in [2.75, 3.05) is 5.32 Å². The molecule has 0 aliphatic heterocycles. The summed E-state index contributed by atoms with van der Waals surface area (Å²) in [6.07, 6.45) is 2.99. The molecule has 2 N–H and O–H groups in total. The number of amides is 1. The zero-order valence-electron chi connectivity index (χ0n) is 13.6. The highest BCUT2D eigenvalue weighted by molar-refractivity contribution is 14.1. The van der Waals surface area contributed by atoms with Crippen molar-refractivity contribution < 1.29 is 9.21 Å². The van der Waals surface area contributed by atoms with Gasteiger partial charge < -0.3 is 9.73 Å². The summed E-state index contributed by atoms with van der Waals surface area (Å²) in [6.45, 7) is 0. The average Bonchev–Trinajstić information content (AvgIpc) is 3.12. The summed E-state index contributed by atoms with van der Waals surface area (Å²) >= 11 is 7.37. The monoisotopic (exact) mass is 474 g/mol. The van der Waals surface area contributed by atoms with Gasteiger partial charge in [0.05, 0.1) is 0 Å². The number of thiocarbonyl (C=S) groups is 1. The van der Waals surface area contributed by atoms with Crippen molar-refractivity contribution in [3.05, 3.63) is 82.1 Å². The Hall–Kier alpha value is -2.45. The van der Waals surface area contributed by atoms with Gasteiger partial charge >= 0.3 is 0 Å². The van der Waals surface area contributed by atoms with Crippen molar-refractivity contribution in [2.24, 2.45) is 0 Å². The van der Waals surface area contributed by atoms with Crippen molar-refractivity contribution in [2.45, 2.75) is 0 Å². The van der Waals surface area contributed by atoms with Crippen molar-refractivity contribution >= 4 is 57.6 Å². The lowest BCUT2D eigenvalue weighted by Gasteiger charge is -2.07. The van der Waals surface area contributed by atoms with Gasteiger partial charge in [-0.1, -0.05) is 30.3 Å². The molecule has 0 aliphatic rings. The summed E-state index contributed by atoms with van der Waals surface area (Å²) in [7, 11) is 0. The minimum absolute atomic E-state index is 0.241. The molecule has 1 aromatic heterocycles. The fraction of sp³-hybridized carbons (Fsp3) is 0. The second-order valence-corrected chi connectivity index (χ2v) is 7.01. The number of furan rings is 1. The van der Waals surface area contributed by atoms with E-state index in [1.54, 1.807) is 6.08 Å². The van der Waals surface area contributed by atoms with Gasteiger partial charge in [-0.2, -0.15) is 0 Å². The molecule has 6 heteroatoms. The number of halogens is 1. The van der Waals surface area contributed by atoms with E-state index in [1.807, 2.05) is 66.7 Å². The van der Waals surface area contributed by atoms with E-state index in [0.717, 1.165) is 20.6 Å². The Balaban J connectivity index is 1.55. The van der Waals surface area contributed by atoms with Gasteiger partial charge in [-0.3, -0.25) is 10.1 Å². The van der Waals surface area contributed by atoms with E-state index in [1.165, 1.54) is 6.08 Å². The lowest BCUT2D eigenvalue weighted by molar-refractivity contribution is -0.115. The number of carbonyl (C=O) groups excluding carboxylic acids is 1. The van der Waals surface area contributed by atoms with Crippen LogP contribution in [0, 0.1) is 3.57 Å². The van der Waals surface area contributed by atoms with Gasteiger partial charge in [0, 0.05) is 20.9 Å². The van der Waals surface area contributed by atoms with Crippen molar-refractivity contribution in [3.63, 3.8) is 0 Å². The van der Waals surface area contributed by atoms with Crippen LogP contribution in [0.2, 0.25) is 0 Å². The fourth-order valence-electron chi connectivity index (χ4n) is 2.21. The number of hydrogen-bond acceptors (Lipinski definition) is 3. The molecule has 0 saturated heterocycles. The van der Waals surface area contributed by atoms with Crippen LogP contribution in [-0.4, -0.2) is 11.0 Å². The molecule has 1 heterocycles. The van der Waals surface area contributed by atoms with Crippen LogP contribution >= 0.6 is 34.8 Å². The van der Waals surface area contributed by atoms with Crippen LogP contribution in [-0.2, 0) is 4.79 Å². The molecular formula is C20H15IN2O2S. The average molecular weight is 474 g/mol. The van der Waals surface area contributed by atoms with Crippen LogP contribution in [0.25, 0.3) is 17.4 Å². The van der Waals surface area contributed by atoms with E-state index >= 15 is 0 Å². The van der Waals surface area contributed by atoms with Gasteiger partial charge in [-0.05, 0) is 77.3 Å². The van der Waals surface area contributed by atoms with Gasteiger partial charge in [0.15, 0.2) is 5.11 Å². The number of carbonyl (C=O) groups is 1. The van der Waals surface area contributed by atoms with Crippen LogP contribution in [0.1, 0.15) is 5.76 Å². The van der Waals surface area contributed by atoms with E-state index in [2.05, 4.69) is 33.2 Å². The van der Waals surface area contributed by atoms with Crippen molar-refractivity contribution in [1.29, 1.82) is 0 Å². The zero-order chi connectivity index (χ0) is 18.4. The van der Waals surface area contributed by atoms with Gasteiger partial charge in [-0.25, -0.2) is 0 Å². The molecule has 0 unspecified atom stereocenters. The third-order valence-corrected chi connectivity index (χ3v) is 4.35. The van der Waals surface area contributed by atoms with Gasteiger partial charge in [0.2, 0.25) is 5.91 Å². The Kier molecular flexibility index (Phi) is 6.19. The van der Waals surface area contributed by atoms with E-state index in [4.69, 9.17) is 16.6 Å². The first-order valence-corrected chi connectivity index (χ1v) is 9.30. The minimum atomic E-state index is -0.328.